The van der Waals surface area contributed by atoms with Gasteiger partial charge in [-0.3, -0.25) is 24.1 Å². The van der Waals surface area contributed by atoms with Crippen LogP contribution in [0, 0.1) is 0 Å². The first-order valence-electron chi connectivity index (χ1n) is 7.59. The van der Waals surface area contributed by atoms with E-state index in [0.29, 0.717) is 32.6 Å². The number of aryl methyl sites for hydroxylation is 1. The molecule has 4 aromatic heterocycles. The lowest BCUT2D eigenvalue weighted by atomic mass is 10.1. The first-order valence-corrected chi connectivity index (χ1v) is 7.97. The second-order valence-electron chi connectivity index (χ2n) is 5.84. The molecule has 0 atom stereocenters. The van der Waals surface area contributed by atoms with Gasteiger partial charge in [-0.1, -0.05) is 17.7 Å². The largest absolute Gasteiger partial charge is 0.284 e. The van der Waals surface area contributed by atoms with Gasteiger partial charge in [0.25, 0.3) is 5.56 Å². The fourth-order valence-corrected chi connectivity index (χ4v) is 3.38. The maximum absolute atomic E-state index is 13.2. The molecule has 0 spiro atoms. The van der Waals surface area contributed by atoms with Crippen molar-refractivity contribution in [2.75, 3.05) is 0 Å². The predicted molar refractivity (Wildman–Crippen MR) is 96.3 cm³/mol. The first-order chi connectivity index (χ1) is 12.1. The van der Waals surface area contributed by atoms with Gasteiger partial charge in [0, 0.05) is 24.8 Å². The topological polar surface area (TPSA) is 81.4 Å². The van der Waals surface area contributed by atoms with E-state index in [-0.39, 0.29) is 5.56 Å². The summed E-state index contributed by atoms with van der Waals surface area (Å²) in [6.07, 6.45) is 5.07. The fourth-order valence-electron chi connectivity index (χ4n) is 3.23. The molecule has 0 aliphatic rings. The van der Waals surface area contributed by atoms with Gasteiger partial charge in [0.15, 0.2) is 5.52 Å². The highest BCUT2D eigenvalue weighted by atomic mass is 35.5. The number of H-pyrrole nitrogens is 1. The van der Waals surface area contributed by atoms with Crippen LogP contribution < -0.4 is 5.56 Å². The van der Waals surface area contributed by atoms with Gasteiger partial charge in [-0.05, 0) is 18.2 Å². The summed E-state index contributed by atoms with van der Waals surface area (Å²) in [4.78, 5) is 17.7. The molecule has 0 aliphatic heterocycles. The molecule has 5 aromatic rings. The molecular weight excluding hydrogens is 340 g/mol. The number of rotatable bonds is 1. The Morgan fingerprint density at radius 3 is 2.92 bits per heavy atom. The predicted octanol–water partition coefficient (Wildman–Crippen LogP) is 2.80. The van der Waals surface area contributed by atoms with Crippen LogP contribution in [0.5, 0.6) is 0 Å². The van der Waals surface area contributed by atoms with Gasteiger partial charge < -0.3 is 0 Å². The van der Waals surface area contributed by atoms with Crippen molar-refractivity contribution in [1.29, 1.82) is 0 Å². The highest BCUT2D eigenvalue weighted by Gasteiger charge is 2.18. The molecule has 122 valence electrons. The standard InChI is InChI=1S/C17H11ClN6O/c1-23-8-11-15-14(5-9(18)6-19-15)24(17(25)16(11)22-23)13-4-2-3-12-10(13)7-20-21-12/h2-8H,1H3,(H,20,21). The van der Waals surface area contributed by atoms with E-state index < -0.39 is 0 Å². The summed E-state index contributed by atoms with van der Waals surface area (Å²) in [5, 5.41) is 13.3. The molecule has 0 unspecified atom stereocenters. The van der Waals surface area contributed by atoms with E-state index in [1.165, 1.54) is 0 Å². The molecule has 1 N–H and O–H groups in total. The monoisotopic (exact) mass is 350 g/mol. The number of benzene rings is 1. The van der Waals surface area contributed by atoms with E-state index in [2.05, 4.69) is 20.3 Å². The SMILES string of the molecule is Cn1cc2c(n1)c(=O)n(-c1cccc3[nH]ncc13)c1cc(Cl)cnc21. The number of hydrogen-bond donors (Lipinski definition) is 1. The second-order valence-corrected chi connectivity index (χ2v) is 6.27. The van der Waals surface area contributed by atoms with Gasteiger partial charge in [-0.2, -0.15) is 10.2 Å². The Morgan fingerprint density at radius 2 is 2.04 bits per heavy atom. The Bertz CT molecular complexity index is 1350. The van der Waals surface area contributed by atoms with Gasteiger partial charge >= 0.3 is 0 Å². The summed E-state index contributed by atoms with van der Waals surface area (Å²) >= 11 is 6.17. The molecule has 1 aromatic carbocycles. The minimum atomic E-state index is -0.221. The highest BCUT2D eigenvalue weighted by Crippen LogP contribution is 2.27. The Hall–Kier alpha value is -3.19. The normalized spacial score (nSPS) is 11.8. The summed E-state index contributed by atoms with van der Waals surface area (Å²) in [6, 6.07) is 7.39. The summed E-state index contributed by atoms with van der Waals surface area (Å²) in [5.74, 6) is 0. The van der Waals surface area contributed by atoms with Crippen LogP contribution in [0.15, 0.2) is 47.7 Å². The molecule has 25 heavy (non-hydrogen) atoms. The minimum Gasteiger partial charge on any atom is -0.278 e. The summed E-state index contributed by atoms with van der Waals surface area (Å²) in [7, 11) is 1.78. The zero-order valence-corrected chi connectivity index (χ0v) is 13.8. The van der Waals surface area contributed by atoms with Crippen LogP contribution in [-0.2, 0) is 7.05 Å². The van der Waals surface area contributed by atoms with Crippen LogP contribution in [0.4, 0.5) is 0 Å². The van der Waals surface area contributed by atoms with E-state index in [9.17, 15) is 4.79 Å². The first kappa shape index (κ1) is 14.2. The third kappa shape index (κ3) is 1.93. The van der Waals surface area contributed by atoms with Crippen LogP contribution >= 0.6 is 11.6 Å². The molecule has 8 heteroatoms. The zero-order valence-electron chi connectivity index (χ0n) is 13.1. The van der Waals surface area contributed by atoms with Gasteiger partial charge in [-0.15, -0.1) is 0 Å². The van der Waals surface area contributed by atoms with Crippen molar-refractivity contribution in [1.82, 2.24) is 29.5 Å². The molecular formula is C17H11ClN6O. The van der Waals surface area contributed by atoms with Gasteiger partial charge in [0.1, 0.15) is 0 Å². The lowest BCUT2D eigenvalue weighted by Gasteiger charge is -2.11. The van der Waals surface area contributed by atoms with Crippen LogP contribution in [0.3, 0.4) is 0 Å². The molecule has 0 saturated heterocycles. The Morgan fingerprint density at radius 1 is 1.16 bits per heavy atom. The van der Waals surface area contributed by atoms with Crippen molar-refractivity contribution < 1.29 is 0 Å². The number of fused-ring (bicyclic) bond motifs is 4. The summed E-state index contributed by atoms with van der Waals surface area (Å²) < 4.78 is 3.21. The van der Waals surface area contributed by atoms with Crippen LogP contribution in [-0.4, -0.2) is 29.5 Å². The summed E-state index contributed by atoms with van der Waals surface area (Å²) in [5.41, 5.74) is 3.00. The molecule has 0 fully saturated rings. The quantitative estimate of drug-likeness (QED) is 0.504. The number of aromatic nitrogens is 6. The number of aromatic amines is 1. The van der Waals surface area contributed by atoms with Crippen LogP contribution in [0.2, 0.25) is 5.02 Å². The number of pyridine rings is 2. The minimum absolute atomic E-state index is 0.221. The van der Waals surface area contributed by atoms with Crippen molar-refractivity contribution >= 4 is 44.4 Å². The second kappa shape index (κ2) is 4.90. The number of halogens is 1. The van der Waals surface area contributed by atoms with Crippen molar-refractivity contribution in [3.63, 3.8) is 0 Å². The van der Waals surface area contributed by atoms with E-state index in [1.54, 1.807) is 41.0 Å². The average molecular weight is 351 g/mol. The van der Waals surface area contributed by atoms with Crippen LogP contribution in [0.25, 0.3) is 38.5 Å². The fraction of sp³-hybridized carbons (Fsp3) is 0.0588. The molecule has 0 aliphatic carbocycles. The third-order valence-electron chi connectivity index (χ3n) is 4.27. The number of nitrogens with one attached hydrogen (secondary N) is 1. The smallest absolute Gasteiger partial charge is 0.278 e. The maximum atomic E-state index is 13.2. The number of nitrogens with zero attached hydrogens (tertiary/aromatic N) is 5. The van der Waals surface area contributed by atoms with E-state index in [1.807, 2.05) is 18.2 Å². The Labute approximate surface area is 145 Å². The van der Waals surface area contributed by atoms with E-state index in [4.69, 9.17) is 11.6 Å². The van der Waals surface area contributed by atoms with Crippen molar-refractivity contribution in [2.24, 2.45) is 7.05 Å². The van der Waals surface area contributed by atoms with Crippen molar-refractivity contribution in [3.8, 4) is 5.69 Å². The molecule has 0 bridgehead atoms. The van der Waals surface area contributed by atoms with E-state index in [0.717, 1.165) is 10.9 Å². The lowest BCUT2D eigenvalue weighted by Crippen LogP contribution is -2.20. The Kier molecular flexibility index (Phi) is 2.78. The van der Waals surface area contributed by atoms with Crippen molar-refractivity contribution in [2.45, 2.75) is 0 Å². The molecule has 0 radical (unpaired) electrons. The number of hydrogen-bond acceptors (Lipinski definition) is 4. The molecule has 7 nitrogen and oxygen atoms in total. The highest BCUT2D eigenvalue weighted by molar-refractivity contribution is 6.31. The molecule has 0 amide bonds. The van der Waals surface area contributed by atoms with Crippen LogP contribution in [0.1, 0.15) is 0 Å². The van der Waals surface area contributed by atoms with Gasteiger partial charge in [0.05, 0.1) is 38.8 Å². The van der Waals surface area contributed by atoms with Crippen molar-refractivity contribution in [3.05, 3.63) is 58.2 Å². The molecule has 4 heterocycles. The third-order valence-corrected chi connectivity index (χ3v) is 4.47. The lowest BCUT2D eigenvalue weighted by molar-refractivity contribution is 0.777. The Balaban J connectivity index is 2.07. The molecule has 0 saturated carbocycles. The molecule has 5 rings (SSSR count). The average Bonchev–Trinajstić information content (AvgIpc) is 3.21. The van der Waals surface area contributed by atoms with E-state index >= 15 is 0 Å². The summed E-state index contributed by atoms with van der Waals surface area (Å²) in [6.45, 7) is 0. The van der Waals surface area contributed by atoms with Gasteiger partial charge in [-0.25, -0.2) is 0 Å². The maximum Gasteiger partial charge on any atom is 0.284 e. The zero-order chi connectivity index (χ0) is 17.1. The van der Waals surface area contributed by atoms with Gasteiger partial charge in [0.2, 0.25) is 0 Å².